The van der Waals surface area contributed by atoms with Crippen molar-refractivity contribution in [3.05, 3.63) is 42.8 Å². The molecule has 36 heavy (non-hydrogen) atoms. The molecule has 3 amide bonds. The van der Waals surface area contributed by atoms with Crippen molar-refractivity contribution in [3.63, 3.8) is 0 Å². The van der Waals surface area contributed by atoms with E-state index in [1.807, 2.05) is 0 Å². The molecule has 2 fully saturated rings. The molecule has 190 valence electrons. The summed E-state index contributed by atoms with van der Waals surface area (Å²) in [7, 11) is 0. The molecule has 3 aliphatic heterocycles. The Morgan fingerprint density at radius 2 is 1.89 bits per heavy atom. The van der Waals surface area contributed by atoms with Gasteiger partial charge in [-0.2, -0.15) is 0 Å². The number of carboxylic acid groups (broad SMARTS) is 1. The Morgan fingerprint density at radius 3 is 2.61 bits per heavy atom. The molecule has 2 aromatic rings. The summed E-state index contributed by atoms with van der Waals surface area (Å²) in [5.41, 5.74) is 0.543. The van der Waals surface area contributed by atoms with Crippen LogP contribution in [-0.4, -0.2) is 75.1 Å². The molecule has 0 radical (unpaired) electrons. The molecule has 1 aromatic heterocycles. The number of thiazole rings is 1. The number of thioether (sulfide) groups is 1. The number of hydrogen-bond acceptors (Lipinski definition) is 8. The van der Waals surface area contributed by atoms with E-state index in [1.54, 1.807) is 23.1 Å². The van der Waals surface area contributed by atoms with Gasteiger partial charge in [0.05, 0.1) is 10.9 Å². The number of imide groups is 1. The Balaban J connectivity index is 1.53. The first-order chi connectivity index (χ1) is 17.2. The topological polar surface area (TPSA) is 137 Å². The molecule has 0 spiro atoms. The van der Waals surface area contributed by atoms with Crippen LogP contribution in [0.15, 0.2) is 32.5 Å². The van der Waals surface area contributed by atoms with E-state index in [-0.39, 0.29) is 17.4 Å². The number of nitrogens with zero attached hydrogens (tertiary/aromatic N) is 2. The van der Waals surface area contributed by atoms with Crippen molar-refractivity contribution in [2.24, 2.45) is 5.92 Å². The maximum Gasteiger partial charge on any atom is 0.323 e. The Labute approximate surface area is 222 Å². The molecule has 0 saturated carbocycles. The van der Waals surface area contributed by atoms with Gasteiger partial charge >= 0.3 is 10.8 Å². The van der Waals surface area contributed by atoms with E-state index >= 15 is 0 Å². The highest BCUT2D eigenvalue weighted by atomic mass is 79.9. The minimum absolute atomic E-state index is 0.132. The lowest BCUT2D eigenvalue weighted by atomic mass is 9.82. The quantitative estimate of drug-likeness (QED) is 0.485. The molecule has 10 nitrogen and oxygen atoms in total. The van der Waals surface area contributed by atoms with E-state index < -0.39 is 41.4 Å². The van der Waals surface area contributed by atoms with E-state index in [9.17, 15) is 29.1 Å². The second kappa shape index (κ2) is 10.0. The second-order valence-electron chi connectivity index (χ2n) is 8.82. The zero-order chi connectivity index (χ0) is 25.6. The standard InChI is InChI=1S/C23H22BrN3O7S2/c24-11-4-5-13(34-10-14(28)26-6-2-1-3-7-26)12(8-11)16-17-19(35-20-18(16)36-23(33)25-20)22(32)27(21(17)31)9-15(29)30/h4-5,8,16-17,19H,1-3,6-7,9-10H2,(H,25,33)(H,29,30)/t16-,17+,19-/m0/s1. The van der Waals surface area contributed by atoms with Gasteiger partial charge in [-0.15, -0.1) is 0 Å². The van der Waals surface area contributed by atoms with Crippen molar-refractivity contribution in [1.82, 2.24) is 14.8 Å². The van der Waals surface area contributed by atoms with Crippen molar-refractivity contribution >= 4 is 62.7 Å². The number of fused-ring (bicyclic) bond motifs is 2. The third-order valence-corrected chi connectivity index (χ3v) is 9.47. The number of aromatic nitrogens is 1. The molecule has 0 unspecified atom stereocenters. The van der Waals surface area contributed by atoms with E-state index in [2.05, 4.69) is 20.9 Å². The normalized spacial score (nSPS) is 23.4. The third kappa shape index (κ3) is 4.59. The molecular weight excluding hydrogens is 574 g/mol. The van der Waals surface area contributed by atoms with Gasteiger partial charge in [0, 0.05) is 33.9 Å². The van der Waals surface area contributed by atoms with Crippen LogP contribution in [0.1, 0.15) is 35.6 Å². The summed E-state index contributed by atoms with van der Waals surface area (Å²) in [5.74, 6) is -3.92. The fraction of sp³-hybridized carbons (Fsp3) is 0.435. The number of nitrogens with one attached hydrogen (secondary N) is 1. The average Bonchev–Trinajstić information content (AvgIpc) is 3.34. The van der Waals surface area contributed by atoms with Crippen LogP contribution in [-0.2, 0) is 19.2 Å². The molecule has 13 heteroatoms. The molecule has 0 bridgehead atoms. The summed E-state index contributed by atoms with van der Waals surface area (Å²) in [6.45, 7) is 0.470. The van der Waals surface area contributed by atoms with Crippen LogP contribution in [0.4, 0.5) is 0 Å². The van der Waals surface area contributed by atoms with Gasteiger partial charge < -0.3 is 19.7 Å². The summed E-state index contributed by atoms with van der Waals surface area (Å²) in [6.07, 6.45) is 3.00. The molecular formula is C23H22BrN3O7S2. The van der Waals surface area contributed by atoms with Crippen LogP contribution in [0.3, 0.4) is 0 Å². The Hall–Kier alpha value is -2.64. The average molecular weight is 596 g/mol. The third-order valence-electron chi connectivity index (χ3n) is 6.58. The van der Waals surface area contributed by atoms with Gasteiger partial charge in [-0.05, 0) is 37.5 Å². The summed E-state index contributed by atoms with van der Waals surface area (Å²) >= 11 is 5.47. The number of halogens is 1. The predicted molar refractivity (Wildman–Crippen MR) is 134 cm³/mol. The van der Waals surface area contributed by atoms with E-state index in [0.717, 1.165) is 47.3 Å². The highest BCUT2D eigenvalue weighted by molar-refractivity contribution is 9.10. The lowest BCUT2D eigenvalue weighted by Gasteiger charge is -2.31. The van der Waals surface area contributed by atoms with E-state index in [0.29, 0.717) is 38.8 Å². The number of carbonyl (C=O) groups is 4. The van der Waals surface area contributed by atoms with Gasteiger partial charge in [-0.3, -0.25) is 28.9 Å². The van der Waals surface area contributed by atoms with Crippen LogP contribution in [0.5, 0.6) is 5.75 Å². The Morgan fingerprint density at radius 1 is 1.14 bits per heavy atom. The van der Waals surface area contributed by atoms with Gasteiger partial charge in [-0.25, -0.2) is 0 Å². The van der Waals surface area contributed by atoms with Gasteiger partial charge in [0.1, 0.15) is 17.5 Å². The number of rotatable bonds is 6. The number of hydrogen-bond donors (Lipinski definition) is 2. The van der Waals surface area contributed by atoms with Crippen molar-refractivity contribution in [2.45, 2.75) is 35.5 Å². The lowest BCUT2D eigenvalue weighted by Crippen LogP contribution is -2.38. The number of H-pyrrole nitrogens is 1. The van der Waals surface area contributed by atoms with Crippen molar-refractivity contribution in [2.75, 3.05) is 26.2 Å². The fourth-order valence-corrected chi connectivity index (χ4v) is 7.88. The zero-order valence-electron chi connectivity index (χ0n) is 18.9. The number of carboxylic acids is 1. The number of benzene rings is 1. The largest absolute Gasteiger partial charge is 0.483 e. The highest BCUT2D eigenvalue weighted by Gasteiger charge is 2.56. The minimum Gasteiger partial charge on any atom is -0.483 e. The first kappa shape index (κ1) is 25.0. The molecule has 3 atom stereocenters. The summed E-state index contributed by atoms with van der Waals surface area (Å²) < 4.78 is 6.66. The number of amides is 3. The number of piperidine rings is 1. The molecule has 0 aliphatic carbocycles. The van der Waals surface area contributed by atoms with Crippen LogP contribution < -0.4 is 9.61 Å². The maximum absolute atomic E-state index is 13.4. The SMILES string of the molecule is O=C(O)CN1C(=O)[C@@H]2[C@H](c3cc(Br)ccc3OCC(=O)N3CCCCC3)c3sc(=O)[nH]c3S[C@@H]2C1=O. The fourth-order valence-electron chi connectivity index (χ4n) is 4.97. The summed E-state index contributed by atoms with van der Waals surface area (Å²) in [6, 6.07) is 5.19. The molecule has 4 heterocycles. The molecule has 1 aromatic carbocycles. The van der Waals surface area contributed by atoms with Gasteiger partial charge in [0.2, 0.25) is 11.8 Å². The van der Waals surface area contributed by atoms with Crippen LogP contribution in [0.25, 0.3) is 0 Å². The van der Waals surface area contributed by atoms with E-state index in [4.69, 9.17) is 4.74 Å². The Kier molecular flexibility index (Phi) is 6.97. The lowest BCUT2D eigenvalue weighted by molar-refractivity contribution is -0.149. The molecule has 2 N–H and O–H groups in total. The first-order valence-corrected chi connectivity index (χ1v) is 13.9. The van der Waals surface area contributed by atoms with Crippen LogP contribution >= 0.6 is 39.0 Å². The van der Waals surface area contributed by atoms with Crippen LogP contribution in [0, 0.1) is 5.92 Å². The number of ether oxygens (including phenoxy) is 1. The van der Waals surface area contributed by atoms with Crippen LogP contribution in [0.2, 0.25) is 0 Å². The summed E-state index contributed by atoms with van der Waals surface area (Å²) in [5, 5.41) is 8.83. The zero-order valence-corrected chi connectivity index (χ0v) is 22.1. The maximum atomic E-state index is 13.4. The molecule has 2 saturated heterocycles. The number of aliphatic carboxylic acids is 1. The first-order valence-electron chi connectivity index (χ1n) is 11.4. The number of carbonyl (C=O) groups excluding carboxylic acids is 3. The molecule has 3 aliphatic rings. The van der Waals surface area contributed by atoms with Crippen molar-refractivity contribution in [3.8, 4) is 5.75 Å². The minimum atomic E-state index is -1.29. The summed E-state index contributed by atoms with van der Waals surface area (Å²) in [4.78, 5) is 68.3. The van der Waals surface area contributed by atoms with Crippen molar-refractivity contribution in [1.29, 1.82) is 0 Å². The second-order valence-corrected chi connectivity index (χ2v) is 11.9. The number of aromatic amines is 1. The van der Waals surface area contributed by atoms with E-state index in [1.165, 1.54) is 0 Å². The Bertz CT molecular complexity index is 1300. The highest BCUT2D eigenvalue weighted by Crippen LogP contribution is 2.54. The molecule has 5 rings (SSSR count). The smallest absolute Gasteiger partial charge is 0.323 e. The van der Waals surface area contributed by atoms with Gasteiger partial charge in [-0.1, -0.05) is 39.0 Å². The van der Waals surface area contributed by atoms with Gasteiger partial charge in [0.15, 0.2) is 6.61 Å². The van der Waals surface area contributed by atoms with Gasteiger partial charge in [0.25, 0.3) is 5.91 Å². The monoisotopic (exact) mass is 595 g/mol. The predicted octanol–water partition coefficient (Wildman–Crippen LogP) is 2.27. The number of likely N-dealkylation sites (tertiary alicyclic amines) is 2. The van der Waals surface area contributed by atoms with Crippen molar-refractivity contribution < 1.29 is 29.0 Å².